The second-order valence-electron chi connectivity index (χ2n) is 5.24. The fourth-order valence-electron chi connectivity index (χ4n) is 2.29. The van der Waals surface area contributed by atoms with Gasteiger partial charge in [0, 0.05) is 31.0 Å². The van der Waals surface area contributed by atoms with Crippen LogP contribution in [0.25, 0.3) is 0 Å². The predicted molar refractivity (Wildman–Crippen MR) is 80.6 cm³/mol. The van der Waals surface area contributed by atoms with Crippen molar-refractivity contribution in [2.45, 2.75) is 6.04 Å². The molecule has 0 bridgehead atoms. The van der Waals surface area contributed by atoms with Crippen LogP contribution >= 0.6 is 0 Å². The Hall–Kier alpha value is -2.14. The number of likely N-dealkylation sites (N-methyl/N-ethyl adjacent to an activating group) is 1. The lowest BCUT2D eigenvalue weighted by Gasteiger charge is -2.25. The second-order valence-corrected chi connectivity index (χ2v) is 5.24. The minimum atomic E-state index is -0.408. The molecule has 112 valence electrons. The number of nitrogens with zero attached hydrogens (tertiary/aromatic N) is 2. The lowest BCUT2D eigenvalue weighted by Crippen LogP contribution is -2.35. The van der Waals surface area contributed by atoms with Crippen molar-refractivity contribution >= 4 is 5.91 Å². The lowest BCUT2D eigenvalue weighted by atomic mass is 10.1. The molecule has 2 rings (SSSR count). The molecule has 0 fully saturated rings. The minimum absolute atomic E-state index is 0.0579. The number of aryl methyl sites for hydroxylation is 1. The molecule has 0 spiro atoms. The van der Waals surface area contributed by atoms with Gasteiger partial charge in [0.1, 0.15) is 5.82 Å². The van der Waals surface area contributed by atoms with Crippen LogP contribution in [0, 0.1) is 5.82 Å². The second kappa shape index (κ2) is 6.54. The van der Waals surface area contributed by atoms with E-state index in [1.54, 1.807) is 6.07 Å². The summed E-state index contributed by atoms with van der Waals surface area (Å²) in [6, 6.07) is 9.75. The lowest BCUT2D eigenvalue weighted by molar-refractivity contribution is 0.0940. The van der Waals surface area contributed by atoms with Gasteiger partial charge in [0.15, 0.2) is 0 Å². The molecule has 4 nitrogen and oxygen atoms in total. The van der Waals surface area contributed by atoms with Crippen LogP contribution in [0.15, 0.2) is 42.6 Å². The monoisotopic (exact) mass is 289 g/mol. The summed E-state index contributed by atoms with van der Waals surface area (Å²) in [5.74, 6) is -0.676. The van der Waals surface area contributed by atoms with Crippen LogP contribution < -0.4 is 5.32 Å². The molecule has 2 aromatic rings. The van der Waals surface area contributed by atoms with E-state index < -0.39 is 5.82 Å². The number of benzene rings is 1. The standard InChI is InChI=1S/C16H20FN3O/c1-19(2)15(14-8-5-9-20(14)3)11-18-16(21)12-6-4-7-13(17)10-12/h4-10,15H,11H2,1-3H3,(H,18,21). The number of hydrogen-bond acceptors (Lipinski definition) is 2. The van der Waals surface area contributed by atoms with Gasteiger partial charge < -0.3 is 9.88 Å². The first kappa shape index (κ1) is 15.3. The average Bonchev–Trinajstić information content (AvgIpc) is 2.85. The van der Waals surface area contributed by atoms with E-state index in [2.05, 4.69) is 5.32 Å². The van der Waals surface area contributed by atoms with Gasteiger partial charge in [-0.2, -0.15) is 0 Å². The molecule has 1 atom stereocenters. The highest BCUT2D eigenvalue weighted by Gasteiger charge is 2.18. The molecule has 0 aliphatic heterocycles. The molecule has 0 aliphatic rings. The maximum atomic E-state index is 13.1. The van der Waals surface area contributed by atoms with Crippen molar-refractivity contribution in [3.8, 4) is 0 Å². The molecule has 0 saturated heterocycles. The van der Waals surface area contributed by atoms with Crippen molar-refractivity contribution in [3.63, 3.8) is 0 Å². The van der Waals surface area contributed by atoms with Crippen molar-refractivity contribution in [2.24, 2.45) is 7.05 Å². The number of carbonyl (C=O) groups excluding carboxylic acids is 1. The van der Waals surface area contributed by atoms with E-state index >= 15 is 0 Å². The minimum Gasteiger partial charge on any atom is -0.353 e. The molecule has 5 heteroatoms. The summed E-state index contributed by atoms with van der Waals surface area (Å²) in [6.07, 6.45) is 1.97. The quantitative estimate of drug-likeness (QED) is 0.916. The Morgan fingerprint density at radius 3 is 2.67 bits per heavy atom. The number of rotatable bonds is 5. The molecule has 1 aromatic heterocycles. The van der Waals surface area contributed by atoms with Crippen molar-refractivity contribution in [1.29, 1.82) is 0 Å². The van der Waals surface area contributed by atoms with Gasteiger partial charge in [-0.1, -0.05) is 6.07 Å². The van der Waals surface area contributed by atoms with Gasteiger partial charge in [0.2, 0.25) is 0 Å². The third kappa shape index (κ3) is 3.70. The summed E-state index contributed by atoms with van der Waals surface area (Å²) in [7, 11) is 5.90. The summed E-state index contributed by atoms with van der Waals surface area (Å²) in [5.41, 5.74) is 1.44. The molecular weight excluding hydrogens is 269 g/mol. The number of amides is 1. The molecule has 1 N–H and O–H groups in total. The van der Waals surface area contributed by atoms with E-state index in [1.165, 1.54) is 18.2 Å². The van der Waals surface area contributed by atoms with Crippen molar-refractivity contribution in [1.82, 2.24) is 14.8 Å². The fourth-order valence-corrected chi connectivity index (χ4v) is 2.29. The number of halogens is 1. The van der Waals surface area contributed by atoms with Crippen LogP contribution in [-0.2, 0) is 7.05 Å². The van der Waals surface area contributed by atoms with Crippen LogP contribution in [-0.4, -0.2) is 36.0 Å². The number of nitrogens with one attached hydrogen (secondary N) is 1. The molecule has 1 unspecified atom stereocenters. The zero-order valence-electron chi connectivity index (χ0n) is 12.5. The van der Waals surface area contributed by atoms with Crippen molar-refractivity contribution < 1.29 is 9.18 Å². The largest absolute Gasteiger partial charge is 0.353 e. The SMILES string of the molecule is CN(C)C(CNC(=O)c1cccc(F)c1)c1cccn1C. The smallest absolute Gasteiger partial charge is 0.251 e. The summed E-state index contributed by atoms with van der Waals surface area (Å²) >= 11 is 0. The Morgan fingerprint density at radius 1 is 1.33 bits per heavy atom. The molecule has 21 heavy (non-hydrogen) atoms. The maximum Gasteiger partial charge on any atom is 0.251 e. The highest BCUT2D eigenvalue weighted by Crippen LogP contribution is 2.17. The summed E-state index contributed by atoms with van der Waals surface area (Å²) in [4.78, 5) is 14.1. The van der Waals surface area contributed by atoms with E-state index in [4.69, 9.17) is 0 Å². The Balaban J connectivity index is 2.06. The van der Waals surface area contributed by atoms with Crippen LogP contribution in [0.3, 0.4) is 0 Å². The highest BCUT2D eigenvalue weighted by molar-refractivity contribution is 5.94. The Morgan fingerprint density at radius 2 is 2.10 bits per heavy atom. The Kier molecular flexibility index (Phi) is 4.75. The molecule has 0 saturated carbocycles. The van der Waals surface area contributed by atoms with Gasteiger partial charge in [0.05, 0.1) is 6.04 Å². The van der Waals surface area contributed by atoms with Crippen LogP contribution in [0.1, 0.15) is 22.1 Å². The average molecular weight is 289 g/mol. The molecule has 0 aliphatic carbocycles. The maximum absolute atomic E-state index is 13.1. The normalized spacial score (nSPS) is 12.4. The number of aromatic nitrogens is 1. The third-order valence-corrected chi connectivity index (χ3v) is 3.49. The molecule has 0 radical (unpaired) electrons. The van der Waals surface area contributed by atoms with E-state index in [0.29, 0.717) is 12.1 Å². The van der Waals surface area contributed by atoms with E-state index in [-0.39, 0.29) is 11.9 Å². The van der Waals surface area contributed by atoms with E-state index in [9.17, 15) is 9.18 Å². The molecule has 1 amide bonds. The van der Waals surface area contributed by atoms with Crippen molar-refractivity contribution in [3.05, 3.63) is 59.7 Å². The predicted octanol–water partition coefficient (Wildman–Crippen LogP) is 2.20. The van der Waals surface area contributed by atoms with E-state index in [0.717, 1.165) is 5.69 Å². The summed E-state index contributed by atoms with van der Waals surface area (Å²) in [5, 5.41) is 2.86. The summed E-state index contributed by atoms with van der Waals surface area (Å²) < 4.78 is 15.2. The molecule has 1 heterocycles. The zero-order valence-corrected chi connectivity index (χ0v) is 12.5. The highest BCUT2D eigenvalue weighted by atomic mass is 19.1. The van der Waals surface area contributed by atoms with Gasteiger partial charge in [-0.05, 0) is 44.4 Å². The number of hydrogen-bond donors (Lipinski definition) is 1. The van der Waals surface area contributed by atoms with Gasteiger partial charge in [-0.3, -0.25) is 9.69 Å². The third-order valence-electron chi connectivity index (χ3n) is 3.49. The fraction of sp³-hybridized carbons (Fsp3) is 0.312. The Bertz CT molecular complexity index is 621. The molecular formula is C16H20FN3O. The summed E-state index contributed by atoms with van der Waals surface area (Å²) in [6.45, 7) is 0.459. The van der Waals surface area contributed by atoms with Crippen LogP contribution in [0.2, 0.25) is 0 Å². The zero-order chi connectivity index (χ0) is 15.4. The van der Waals surface area contributed by atoms with Gasteiger partial charge in [-0.25, -0.2) is 4.39 Å². The van der Waals surface area contributed by atoms with Crippen LogP contribution in [0.4, 0.5) is 4.39 Å². The molecule has 1 aromatic carbocycles. The topological polar surface area (TPSA) is 37.3 Å². The van der Waals surface area contributed by atoms with Gasteiger partial charge in [-0.15, -0.1) is 0 Å². The number of carbonyl (C=O) groups is 1. The van der Waals surface area contributed by atoms with Crippen LogP contribution in [0.5, 0.6) is 0 Å². The van der Waals surface area contributed by atoms with Crippen molar-refractivity contribution in [2.75, 3.05) is 20.6 Å². The first-order valence-corrected chi connectivity index (χ1v) is 6.80. The van der Waals surface area contributed by atoms with E-state index in [1.807, 2.05) is 48.9 Å². The first-order chi connectivity index (χ1) is 9.99. The van der Waals surface area contributed by atoms with Gasteiger partial charge >= 0.3 is 0 Å². The first-order valence-electron chi connectivity index (χ1n) is 6.80. The van der Waals surface area contributed by atoms with Gasteiger partial charge in [0.25, 0.3) is 5.91 Å². The Labute approximate surface area is 124 Å².